The lowest BCUT2D eigenvalue weighted by Gasteiger charge is -2.08. The van der Waals surface area contributed by atoms with Gasteiger partial charge < -0.3 is 5.32 Å². The van der Waals surface area contributed by atoms with Gasteiger partial charge in [-0.25, -0.2) is 0 Å². The van der Waals surface area contributed by atoms with Gasteiger partial charge in [-0.3, -0.25) is 4.79 Å². The Bertz CT molecular complexity index is 1130. The summed E-state index contributed by atoms with van der Waals surface area (Å²) in [5, 5.41) is 5.23. The molecule has 2 nitrogen and oxygen atoms in total. The lowest BCUT2D eigenvalue weighted by molar-refractivity contribution is 0.102. The van der Waals surface area contributed by atoms with Crippen LogP contribution in [0.1, 0.15) is 39.7 Å². The molecule has 1 amide bonds. The largest absolute Gasteiger partial charge is 0.322 e. The second-order valence-corrected chi connectivity index (χ2v) is 7.50. The predicted octanol–water partition coefficient (Wildman–Crippen LogP) is 6.36. The fraction of sp³-hybridized carbons (Fsp3) is 0.115. The molecule has 0 spiro atoms. The number of amides is 1. The topological polar surface area (TPSA) is 29.1 Å². The smallest absolute Gasteiger partial charge is 0.255 e. The van der Waals surface area contributed by atoms with Crippen molar-refractivity contribution in [3.05, 3.63) is 114 Å². The van der Waals surface area contributed by atoms with Crippen LogP contribution in [0.25, 0.3) is 10.8 Å². The van der Waals surface area contributed by atoms with Gasteiger partial charge in [0.2, 0.25) is 0 Å². The van der Waals surface area contributed by atoms with E-state index in [1.807, 2.05) is 48.5 Å². The van der Waals surface area contributed by atoms with Crippen molar-refractivity contribution in [2.75, 3.05) is 5.32 Å². The third kappa shape index (κ3) is 3.29. The molecule has 2 atom stereocenters. The molecule has 0 aromatic heterocycles. The summed E-state index contributed by atoms with van der Waals surface area (Å²) in [5.74, 6) is 1.14. The molecule has 0 heterocycles. The molecule has 0 saturated heterocycles. The summed E-state index contributed by atoms with van der Waals surface area (Å²) in [6.07, 6.45) is 1.20. The number of anilines is 1. The van der Waals surface area contributed by atoms with Crippen molar-refractivity contribution in [1.82, 2.24) is 0 Å². The molecule has 0 bridgehead atoms. The maximum Gasteiger partial charge on any atom is 0.255 e. The molecule has 4 aromatic carbocycles. The van der Waals surface area contributed by atoms with Crippen molar-refractivity contribution in [2.24, 2.45) is 0 Å². The molecule has 1 fully saturated rings. The van der Waals surface area contributed by atoms with Crippen LogP contribution in [0.15, 0.2) is 97.1 Å². The minimum absolute atomic E-state index is 0.0768. The van der Waals surface area contributed by atoms with E-state index in [2.05, 4.69) is 53.8 Å². The number of rotatable bonds is 4. The molecule has 136 valence electrons. The number of benzene rings is 4. The number of carbonyl (C=O) groups excluding carboxylic acids is 1. The molecule has 0 aliphatic heterocycles. The molecule has 28 heavy (non-hydrogen) atoms. The molecular weight excluding hydrogens is 342 g/mol. The molecular formula is C26H21NO. The Hall–Kier alpha value is -3.39. The second-order valence-electron chi connectivity index (χ2n) is 7.50. The lowest BCUT2D eigenvalue weighted by Crippen LogP contribution is -2.11. The van der Waals surface area contributed by atoms with Gasteiger partial charge in [-0.2, -0.15) is 0 Å². The molecule has 0 unspecified atom stereocenters. The zero-order chi connectivity index (χ0) is 18.9. The minimum atomic E-state index is -0.0768. The fourth-order valence-electron chi connectivity index (χ4n) is 3.98. The van der Waals surface area contributed by atoms with Gasteiger partial charge in [-0.1, -0.05) is 72.8 Å². The predicted molar refractivity (Wildman–Crippen MR) is 115 cm³/mol. The van der Waals surface area contributed by atoms with Gasteiger partial charge in [0, 0.05) is 11.3 Å². The summed E-state index contributed by atoms with van der Waals surface area (Å²) in [4.78, 5) is 12.6. The van der Waals surface area contributed by atoms with Crippen LogP contribution >= 0.6 is 0 Å². The van der Waals surface area contributed by atoms with Gasteiger partial charge in [0.15, 0.2) is 0 Å². The summed E-state index contributed by atoms with van der Waals surface area (Å²) < 4.78 is 0. The van der Waals surface area contributed by atoms with Crippen LogP contribution in [0.3, 0.4) is 0 Å². The second kappa shape index (κ2) is 6.97. The number of hydrogen-bond donors (Lipinski definition) is 1. The maximum absolute atomic E-state index is 12.6. The molecule has 0 radical (unpaired) electrons. The average molecular weight is 363 g/mol. The van der Waals surface area contributed by atoms with Crippen molar-refractivity contribution in [3.8, 4) is 0 Å². The van der Waals surface area contributed by atoms with E-state index in [9.17, 15) is 4.79 Å². The Morgan fingerprint density at radius 2 is 1.32 bits per heavy atom. The van der Waals surface area contributed by atoms with E-state index in [4.69, 9.17) is 0 Å². The summed E-state index contributed by atoms with van der Waals surface area (Å²) in [7, 11) is 0. The van der Waals surface area contributed by atoms with Crippen molar-refractivity contribution < 1.29 is 4.79 Å². The average Bonchev–Trinajstić information content (AvgIpc) is 3.55. The first kappa shape index (κ1) is 16.8. The third-order valence-electron chi connectivity index (χ3n) is 5.63. The molecule has 1 N–H and O–H groups in total. The van der Waals surface area contributed by atoms with Crippen LogP contribution in [0.2, 0.25) is 0 Å². The van der Waals surface area contributed by atoms with E-state index in [1.165, 1.54) is 17.5 Å². The highest BCUT2D eigenvalue weighted by molar-refractivity contribution is 6.06. The number of hydrogen-bond acceptors (Lipinski definition) is 1. The van der Waals surface area contributed by atoms with Gasteiger partial charge >= 0.3 is 0 Å². The first-order valence-electron chi connectivity index (χ1n) is 9.73. The zero-order valence-electron chi connectivity index (χ0n) is 15.5. The van der Waals surface area contributed by atoms with Crippen LogP contribution in [0.4, 0.5) is 5.69 Å². The SMILES string of the molecule is O=C(Nc1ccc([C@@H]2C[C@@H]2c2ccccc2)cc1)c1ccc2ccccc2c1. The Morgan fingerprint density at radius 1 is 0.679 bits per heavy atom. The molecule has 5 rings (SSSR count). The van der Waals surface area contributed by atoms with Crippen molar-refractivity contribution in [3.63, 3.8) is 0 Å². The van der Waals surface area contributed by atoms with Crippen LogP contribution < -0.4 is 5.32 Å². The summed E-state index contributed by atoms with van der Waals surface area (Å²) in [6, 6.07) is 32.9. The van der Waals surface area contributed by atoms with E-state index < -0.39 is 0 Å². The van der Waals surface area contributed by atoms with Gasteiger partial charge in [0.1, 0.15) is 0 Å². The van der Waals surface area contributed by atoms with E-state index in [0.717, 1.165) is 16.5 Å². The van der Waals surface area contributed by atoms with E-state index in [0.29, 0.717) is 17.4 Å². The molecule has 2 heteroatoms. The number of carbonyl (C=O) groups is 1. The highest BCUT2D eigenvalue weighted by atomic mass is 16.1. The molecule has 1 aliphatic carbocycles. The lowest BCUT2D eigenvalue weighted by atomic mass is 10.0. The Labute approximate surface area is 164 Å². The Kier molecular flexibility index (Phi) is 4.17. The highest BCUT2D eigenvalue weighted by Gasteiger charge is 2.39. The Balaban J connectivity index is 1.28. The third-order valence-corrected chi connectivity index (χ3v) is 5.63. The van der Waals surface area contributed by atoms with Crippen LogP contribution in [-0.4, -0.2) is 5.91 Å². The van der Waals surface area contributed by atoms with E-state index in [1.54, 1.807) is 0 Å². The van der Waals surface area contributed by atoms with E-state index >= 15 is 0 Å². The quantitative estimate of drug-likeness (QED) is 0.449. The first-order chi connectivity index (χ1) is 13.8. The monoisotopic (exact) mass is 363 g/mol. The van der Waals surface area contributed by atoms with Crippen molar-refractivity contribution >= 4 is 22.4 Å². The normalized spacial score (nSPS) is 18.0. The summed E-state index contributed by atoms with van der Waals surface area (Å²) >= 11 is 0. The zero-order valence-corrected chi connectivity index (χ0v) is 15.5. The Morgan fingerprint density at radius 3 is 2.07 bits per heavy atom. The maximum atomic E-state index is 12.6. The highest BCUT2D eigenvalue weighted by Crippen LogP contribution is 2.54. The standard InChI is InChI=1S/C26H21NO/c28-26(22-11-10-18-6-4-5-9-21(18)16-22)27-23-14-12-20(13-15-23)25-17-24(25)19-7-2-1-3-8-19/h1-16,24-25H,17H2,(H,27,28)/t24-,25+/m1/s1. The van der Waals surface area contributed by atoms with Gasteiger partial charge in [0.25, 0.3) is 5.91 Å². The van der Waals surface area contributed by atoms with E-state index in [-0.39, 0.29) is 5.91 Å². The van der Waals surface area contributed by atoms with Gasteiger partial charge in [-0.05, 0) is 64.4 Å². The van der Waals surface area contributed by atoms with Crippen molar-refractivity contribution in [2.45, 2.75) is 18.3 Å². The summed E-state index contributed by atoms with van der Waals surface area (Å²) in [6.45, 7) is 0. The fourth-order valence-corrected chi connectivity index (χ4v) is 3.98. The minimum Gasteiger partial charge on any atom is -0.322 e. The van der Waals surface area contributed by atoms with Gasteiger partial charge in [0.05, 0.1) is 0 Å². The van der Waals surface area contributed by atoms with Crippen LogP contribution in [-0.2, 0) is 0 Å². The number of fused-ring (bicyclic) bond motifs is 1. The molecule has 1 saturated carbocycles. The van der Waals surface area contributed by atoms with Crippen molar-refractivity contribution in [1.29, 1.82) is 0 Å². The van der Waals surface area contributed by atoms with Crippen LogP contribution in [0.5, 0.6) is 0 Å². The number of nitrogens with one attached hydrogen (secondary N) is 1. The summed E-state index contributed by atoms with van der Waals surface area (Å²) in [5.41, 5.74) is 4.27. The first-order valence-corrected chi connectivity index (χ1v) is 9.73. The molecule has 1 aliphatic rings. The van der Waals surface area contributed by atoms with Gasteiger partial charge in [-0.15, -0.1) is 0 Å². The molecule has 4 aromatic rings. The van der Waals surface area contributed by atoms with Crippen LogP contribution in [0, 0.1) is 0 Å².